The van der Waals surface area contributed by atoms with E-state index in [4.69, 9.17) is 15.6 Å². The van der Waals surface area contributed by atoms with Crippen molar-refractivity contribution in [2.75, 3.05) is 7.11 Å². The van der Waals surface area contributed by atoms with E-state index in [1.165, 1.54) is 7.11 Å². The quantitative estimate of drug-likeness (QED) is 0.588. The van der Waals surface area contributed by atoms with Gasteiger partial charge in [-0.15, -0.1) is 0 Å². The number of amides is 1. The minimum atomic E-state index is -1.08. The summed E-state index contributed by atoms with van der Waals surface area (Å²) in [6, 6.07) is -1.84. The third-order valence-corrected chi connectivity index (χ3v) is 2.48. The summed E-state index contributed by atoms with van der Waals surface area (Å²) in [4.78, 5) is 33.8. The maximum atomic E-state index is 11.7. The number of hydrogen-bond acceptors (Lipinski definition) is 6. The highest BCUT2D eigenvalue weighted by Crippen LogP contribution is 2.09. The first-order valence-electron chi connectivity index (χ1n) is 6.61. The van der Waals surface area contributed by atoms with Crippen molar-refractivity contribution in [2.24, 2.45) is 5.73 Å². The molecule has 2 atom stereocenters. The Balaban J connectivity index is 4.61. The second kappa shape index (κ2) is 8.46. The van der Waals surface area contributed by atoms with Crippen molar-refractivity contribution in [3.05, 3.63) is 0 Å². The van der Waals surface area contributed by atoms with Crippen molar-refractivity contribution in [1.29, 1.82) is 0 Å². The highest BCUT2D eigenvalue weighted by atomic mass is 16.6. The summed E-state index contributed by atoms with van der Waals surface area (Å²) in [5.41, 5.74) is 5.12. The van der Waals surface area contributed by atoms with Crippen LogP contribution in [-0.2, 0) is 19.1 Å². The average Bonchev–Trinajstić information content (AvgIpc) is 2.32. The number of esters is 1. The van der Waals surface area contributed by atoms with Gasteiger partial charge in [0.25, 0.3) is 0 Å². The van der Waals surface area contributed by atoms with Crippen LogP contribution in [0.3, 0.4) is 0 Å². The van der Waals surface area contributed by atoms with Crippen LogP contribution in [0.1, 0.15) is 40.0 Å². The molecule has 0 rings (SSSR count). The zero-order valence-corrected chi connectivity index (χ0v) is 12.8. The molecule has 0 aromatic heterocycles. The van der Waals surface area contributed by atoms with Gasteiger partial charge in [-0.2, -0.15) is 0 Å². The second-order valence-electron chi connectivity index (χ2n) is 5.60. The molecular weight excluding hydrogens is 280 g/mol. The van der Waals surface area contributed by atoms with Crippen LogP contribution in [0.15, 0.2) is 0 Å². The molecule has 0 aromatic rings. The molecule has 21 heavy (non-hydrogen) atoms. The molecule has 122 valence electrons. The fourth-order valence-electron chi connectivity index (χ4n) is 1.56. The number of alkyl carbamates (subject to hydrolysis) is 1. The normalized spacial score (nSPS) is 14.0. The minimum Gasteiger partial charge on any atom is -0.481 e. The molecule has 0 saturated heterocycles. The molecule has 8 heteroatoms. The lowest BCUT2D eigenvalue weighted by molar-refractivity contribution is -0.143. The number of ether oxygens (including phenoxy) is 2. The molecule has 0 spiro atoms. The predicted molar refractivity (Wildman–Crippen MR) is 74.6 cm³/mol. The topological polar surface area (TPSA) is 128 Å². The molecule has 0 heterocycles. The molecule has 0 bridgehead atoms. The van der Waals surface area contributed by atoms with Crippen molar-refractivity contribution >= 4 is 18.0 Å². The molecule has 0 aromatic carbocycles. The highest BCUT2D eigenvalue weighted by Gasteiger charge is 2.30. The van der Waals surface area contributed by atoms with Gasteiger partial charge in [-0.3, -0.25) is 4.79 Å². The predicted octanol–water partition coefficient (Wildman–Crippen LogP) is 0.635. The largest absolute Gasteiger partial charge is 0.481 e. The van der Waals surface area contributed by atoms with E-state index in [9.17, 15) is 14.4 Å². The standard InChI is InChI=1S/C13H24N2O6/c1-13(2,3)21-12(19)15-10(11(18)20-4)8(14)6-5-7-9(16)17/h8,10H,5-7,14H2,1-4H3,(H,15,19)(H,16,17)/t8-,10-/m1/s1. The van der Waals surface area contributed by atoms with E-state index in [1.807, 2.05) is 0 Å². The van der Waals surface area contributed by atoms with E-state index >= 15 is 0 Å². The smallest absolute Gasteiger partial charge is 0.408 e. The number of nitrogens with one attached hydrogen (secondary N) is 1. The number of rotatable bonds is 7. The van der Waals surface area contributed by atoms with Gasteiger partial charge in [0.15, 0.2) is 0 Å². The molecule has 0 aliphatic carbocycles. The van der Waals surface area contributed by atoms with Gasteiger partial charge in [-0.25, -0.2) is 9.59 Å². The molecule has 4 N–H and O–H groups in total. The number of nitrogens with two attached hydrogens (primary N) is 1. The third kappa shape index (κ3) is 8.85. The third-order valence-electron chi connectivity index (χ3n) is 2.48. The Kier molecular flexibility index (Phi) is 7.72. The van der Waals surface area contributed by atoms with Gasteiger partial charge >= 0.3 is 18.0 Å². The number of carboxylic acid groups (broad SMARTS) is 1. The van der Waals surface area contributed by atoms with Crippen molar-refractivity contribution in [3.8, 4) is 0 Å². The van der Waals surface area contributed by atoms with E-state index in [-0.39, 0.29) is 12.8 Å². The van der Waals surface area contributed by atoms with Crippen molar-refractivity contribution in [3.63, 3.8) is 0 Å². The van der Waals surface area contributed by atoms with Crippen LogP contribution in [0.2, 0.25) is 0 Å². The Morgan fingerprint density at radius 2 is 1.86 bits per heavy atom. The second-order valence-corrected chi connectivity index (χ2v) is 5.60. The van der Waals surface area contributed by atoms with Gasteiger partial charge < -0.3 is 25.6 Å². The number of carbonyl (C=O) groups is 3. The summed E-state index contributed by atoms with van der Waals surface area (Å²) in [5.74, 6) is -1.65. The fraction of sp³-hybridized carbons (Fsp3) is 0.769. The Hall–Kier alpha value is -1.83. The summed E-state index contributed by atoms with van der Waals surface area (Å²) >= 11 is 0. The minimum absolute atomic E-state index is 0.0615. The molecule has 1 amide bonds. The van der Waals surface area contributed by atoms with Crippen molar-refractivity contribution in [1.82, 2.24) is 5.32 Å². The molecule has 0 saturated carbocycles. The first kappa shape index (κ1) is 19.2. The average molecular weight is 304 g/mol. The summed E-state index contributed by atoms with van der Waals surface area (Å²) in [5, 5.41) is 10.9. The van der Waals surface area contributed by atoms with Gasteiger partial charge in [0.05, 0.1) is 7.11 Å². The van der Waals surface area contributed by atoms with Crippen LogP contribution in [-0.4, -0.2) is 47.9 Å². The summed E-state index contributed by atoms with van der Waals surface area (Å²) in [6.45, 7) is 5.06. The van der Waals surface area contributed by atoms with Gasteiger partial charge in [0, 0.05) is 12.5 Å². The Morgan fingerprint density at radius 1 is 1.29 bits per heavy atom. The summed E-state index contributed by atoms with van der Waals surface area (Å²) < 4.78 is 9.63. The van der Waals surface area contributed by atoms with E-state index in [0.29, 0.717) is 6.42 Å². The molecule has 0 radical (unpaired) electrons. The molecule has 0 aliphatic heterocycles. The molecule has 0 aliphatic rings. The lowest BCUT2D eigenvalue weighted by Gasteiger charge is -2.25. The maximum Gasteiger partial charge on any atom is 0.408 e. The van der Waals surface area contributed by atoms with Gasteiger partial charge in [-0.05, 0) is 33.6 Å². The maximum absolute atomic E-state index is 11.7. The Labute approximate surface area is 124 Å². The fourth-order valence-corrected chi connectivity index (χ4v) is 1.56. The van der Waals surface area contributed by atoms with Gasteiger partial charge in [0.1, 0.15) is 11.6 Å². The highest BCUT2D eigenvalue weighted by molar-refractivity contribution is 5.82. The van der Waals surface area contributed by atoms with Crippen molar-refractivity contribution in [2.45, 2.75) is 57.7 Å². The number of hydrogen-bond donors (Lipinski definition) is 3. The molecule has 0 fully saturated rings. The van der Waals surface area contributed by atoms with Crippen LogP contribution in [0, 0.1) is 0 Å². The van der Waals surface area contributed by atoms with Crippen LogP contribution in [0.5, 0.6) is 0 Å². The SMILES string of the molecule is COC(=O)[C@H](NC(=O)OC(C)(C)C)[C@H](N)CCCC(=O)O. The monoisotopic (exact) mass is 304 g/mol. The van der Waals surface area contributed by atoms with E-state index in [0.717, 1.165) is 0 Å². The van der Waals surface area contributed by atoms with Gasteiger partial charge in [-0.1, -0.05) is 0 Å². The number of methoxy groups -OCH3 is 1. The van der Waals surface area contributed by atoms with E-state index in [2.05, 4.69) is 10.1 Å². The van der Waals surface area contributed by atoms with E-state index in [1.54, 1.807) is 20.8 Å². The summed E-state index contributed by atoms with van der Waals surface area (Å²) in [6.07, 6.45) is -0.304. The molecule has 8 nitrogen and oxygen atoms in total. The molecular formula is C13H24N2O6. The Morgan fingerprint density at radius 3 is 2.29 bits per heavy atom. The zero-order valence-electron chi connectivity index (χ0n) is 12.8. The molecule has 0 unspecified atom stereocenters. The number of carbonyl (C=O) groups excluding carboxylic acids is 2. The number of carboxylic acids is 1. The van der Waals surface area contributed by atoms with Crippen LogP contribution in [0.4, 0.5) is 4.79 Å². The Bertz CT molecular complexity index is 377. The first-order chi connectivity index (χ1) is 9.56. The van der Waals surface area contributed by atoms with Crippen LogP contribution >= 0.6 is 0 Å². The van der Waals surface area contributed by atoms with Crippen LogP contribution < -0.4 is 11.1 Å². The zero-order chi connectivity index (χ0) is 16.6. The lowest BCUT2D eigenvalue weighted by atomic mass is 10.0. The summed E-state index contributed by atoms with van der Waals surface area (Å²) in [7, 11) is 1.18. The first-order valence-corrected chi connectivity index (χ1v) is 6.61. The number of aliphatic carboxylic acids is 1. The van der Waals surface area contributed by atoms with Crippen molar-refractivity contribution < 1.29 is 29.0 Å². The van der Waals surface area contributed by atoms with E-state index < -0.39 is 35.7 Å². The van der Waals surface area contributed by atoms with Crippen LogP contribution in [0.25, 0.3) is 0 Å². The lowest BCUT2D eigenvalue weighted by Crippen LogP contribution is -2.53. The van der Waals surface area contributed by atoms with Gasteiger partial charge in [0.2, 0.25) is 0 Å².